The number of esters is 1. The highest BCUT2D eigenvalue weighted by Gasteiger charge is 2.27. The number of rotatable bonds is 10. The van der Waals surface area contributed by atoms with E-state index in [1.165, 1.54) is 6.42 Å². The average molecular weight is 472 g/mol. The van der Waals surface area contributed by atoms with Gasteiger partial charge in [0.2, 0.25) is 0 Å². The summed E-state index contributed by atoms with van der Waals surface area (Å²) in [6.07, 6.45) is 5.49. The second-order valence-corrected chi connectivity index (χ2v) is 8.75. The van der Waals surface area contributed by atoms with Crippen molar-refractivity contribution >= 4 is 16.7 Å². The Morgan fingerprint density at radius 1 is 0.912 bits per heavy atom. The Hall–Kier alpha value is -2.93. The third-order valence-electron chi connectivity index (χ3n) is 6.18. The lowest BCUT2D eigenvalue weighted by molar-refractivity contribution is -0.151. The maximum absolute atomic E-state index is 13.0. The molecule has 0 N–H and O–H groups in total. The van der Waals surface area contributed by atoms with Crippen molar-refractivity contribution in [2.75, 3.05) is 48.1 Å². The van der Waals surface area contributed by atoms with E-state index in [1.54, 1.807) is 28.4 Å². The van der Waals surface area contributed by atoms with Crippen molar-refractivity contribution in [1.82, 2.24) is 4.90 Å². The molecule has 7 nitrogen and oxygen atoms in total. The average Bonchev–Trinajstić information content (AvgIpc) is 2.85. The van der Waals surface area contributed by atoms with Crippen LogP contribution in [-0.4, -0.2) is 58.9 Å². The highest BCUT2D eigenvalue weighted by molar-refractivity contribution is 6.03. The van der Waals surface area contributed by atoms with Crippen LogP contribution in [0.25, 0.3) is 10.8 Å². The first-order valence-corrected chi connectivity index (χ1v) is 11.8. The lowest BCUT2D eigenvalue weighted by Crippen LogP contribution is -2.35. The predicted octanol–water partition coefficient (Wildman–Crippen LogP) is 5.30. The van der Waals surface area contributed by atoms with Crippen molar-refractivity contribution < 1.29 is 28.5 Å². The highest BCUT2D eigenvalue weighted by Crippen LogP contribution is 2.48. The minimum Gasteiger partial charge on any atom is -0.496 e. The molecule has 1 saturated heterocycles. The van der Waals surface area contributed by atoms with Gasteiger partial charge in [0.1, 0.15) is 29.1 Å². The first-order chi connectivity index (χ1) is 16.4. The Balaban J connectivity index is 2.10. The van der Waals surface area contributed by atoms with Crippen LogP contribution in [-0.2, 0) is 9.53 Å². The van der Waals surface area contributed by atoms with Gasteiger partial charge in [0.05, 0.1) is 45.8 Å². The lowest BCUT2D eigenvalue weighted by Gasteiger charge is -2.27. The predicted molar refractivity (Wildman–Crippen MR) is 133 cm³/mol. The summed E-state index contributed by atoms with van der Waals surface area (Å²) in [4.78, 5) is 15.1. The molecular weight excluding hydrogens is 434 g/mol. The van der Waals surface area contributed by atoms with Crippen LogP contribution >= 0.6 is 0 Å². The lowest BCUT2D eigenvalue weighted by atomic mass is 9.97. The van der Waals surface area contributed by atoms with E-state index >= 15 is 0 Å². The zero-order valence-electron chi connectivity index (χ0n) is 21.2. The second kappa shape index (κ2) is 12.0. The molecule has 0 spiro atoms. The summed E-state index contributed by atoms with van der Waals surface area (Å²) < 4.78 is 29.0. The van der Waals surface area contributed by atoms with Gasteiger partial charge in [0.25, 0.3) is 0 Å². The van der Waals surface area contributed by atoms with Gasteiger partial charge in [-0.3, -0.25) is 9.69 Å². The van der Waals surface area contributed by atoms with E-state index in [4.69, 9.17) is 23.7 Å². The maximum atomic E-state index is 13.0. The summed E-state index contributed by atoms with van der Waals surface area (Å²) in [5, 5.41) is 1.46. The van der Waals surface area contributed by atoms with Crippen LogP contribution < -0.4 is 18.9 Å². The van der Waals surface area contributed by atoms with Crippen LogP contribution in [0.15, 0.2) is 29.8 Å². The molecule has 0 amide bonds. The fourth-order valence-electron chi connectivity index (χ4n) is 4.50. The minimum absolute atomic E-state index is 0.243. The fraction of sp³-hybridized carbons (Fsp3) is 0.519. The zero-order chi connectivity index (χ0) is 24.7. The second-order valence-electron chi connectivity index (χ2n) is 8.75. The van der Waals surface area contributed by atoms with Crippen molar-refractivity contribution in [3.05, 3.63) is 35.4 Å². The van der Waals surface area contributed by atoms with Gasteiger partial charge in [0.15, 0.2) is 0 Å². The number of hydrogen-bond acceptors (Lipinski definition) is 7. The third kappa shape index (κ3) is 5.76. The van der Waals surface area contributed by atoms with Crippen LogP contribution in [0.4, 0.5) is 0 Å². The minimum atomic E-state index is -0.545. The monoisotopic (exact) mass is 471 g/mol. The smallest absolute Gasteiger partial charge is 0.320 e. The first kappa shape index (κ1) is 25.7. The molecular formula is C27H37NO6. The van der Waals surface area contributed by atoms with Gasteiger partial charge in [-0.1, -0.05) is 18.1 Å². The van der Waals surface area contributed by atoms with E-state index in [1.807, 2.05) is 32.0 Å². The van der Waals surface area contributed by atoms with Crippen LogP contribution in [0, 0.1) is 0 Å². The number of fused-ring (bicyclic) bond motifs is 1. The van der Waals surface area contributed by atoms with Gasteiger partial charge in [-0.15, -0.1) is 0 Å². The number of nitrogens with zero attached hydrogens (tertiary/aromatic N) is 1. The Kier molecular flexibility index (Phi) is 9.05. The van der Waals surface area contributed by atoms with E-state index in [0.29, 0.717) is 34.8 Å². The van der Waals surface area contributed by atoms with E-state index in [9.17, 15) is 4.79 Å². The van der Waals surface area contributed by atoms with Crippen molar-refractivity contribution in [1.29, 1.82) is 0 Å². The number of carbonyl (C=O) groups excluding carboxylic acids is 1. The molecule has 34 heavy (non-hydrogen) atoms. The number of likely N-dealkylation sites (tertiary alicyclic amines) is 1. The summed E-state index contributed by atoms with van der Waals surface area (Å²) in [7, 11) is 6.44. The van der Waals surface area contributed by atoms with Crippen LogP contribution in [0.1, 0.15) is 51.2 Å². The SMILES string of the molecule is COc1ccc(OC)c2c(OC)c([C@H](CC=C(C)C)OC(=O)CN3CCCCC3)cc(OC)c12. The third-order valence-corrected chi connectivity index (χ3v) is 6.18. The Bertz CT molecular complexity index is 1020. The number of methoxy groups -OCH3 is 4. The molecule has 1 aliphatic heterocycles. The van der Waals surface area contributed by atoms with Crippen molar-refractivity contribution in [3.8, 4) is 23.0 Å². The Labute approximate surface area is 202 Å². The molecule has 7 heteroatoms. The summed E-state index contributed by atoms with van der Waals surface area (Å²) >= 11 is 0. The first-order valence-electron chi connectivity index (χ1n) is 11.8. The normalized spacial score (nSPS) is 14.9. The molecule has 1 atom stereocenters. The molecule has 0 bridgehead atoms. The standard InChI is InChI=1S/C27H37NO6/c1-18(2)10-11-20(34-24(29)17-28-14-8-7-9-15-28)19-16-23(32-5)25-21(30-3)12-13-22(31-4)26(25)27(19)33-6/h10,12-13,16,20H,7-9,11,14-15,17H2,1-6H3/t20-/m0/s1. The number of piperidine rings is 1. The number of benzene rings is 2. The van der Waals surface area contributed by atoms with E-state index < -0.39 is 6.10 Å². The van der Waals surface area contributed by atoms with Crippen molar-refractivity contribution in [3.63, 3.8) is 0 Å². The number of carbonyl (C=O) groups is 1. The highest BCUT2D eigenvalue weighted by atomic mass is 16.5. The largest absolute Gasteiger partial charge is 0.496 e. The van der Waals surface area contributed by atoms with E-state index in [-0.39, 0.29) is 12.5 Å². The van der Waals surface area contributed by atoms with Gasteiger partial charge < -0.3 is 23.7 Å². The molecule has 186 valence electrons. The molecule has 0 aliphatic carbocycles. The molecule has 1 aliphatic rings. The molecule has 1 heterocycles. The van der Waals surface area contributed by atoms with Gasteiger partial charge in [-0.05, 0) is 58.0 Å². The Morgan fingerprint density at radius 3 is 2.09 bits per heavy atom. The number of hydrogen-bond donors (Lipinski definition) is 0. The zero-order valence-corrected chi connectivity index (χ0v) is 21.2. The summed E-state index contributed by atoms with van der Waals surface area (Å²) in [6, 6.07) is 5.54. The fourth-order valence-corrected chi connectivity index (χ4v) is 4.50. The molecule has 0 aromatic heterocycles. The summed E-state index contributed by atoms with van der Waals surface area (Å²) in [5.41, 5.74) is 1.87. The summed E-state index contributed by atoms with van der Waals surface area (Å²) in [5.74, 6) is 2.18. The van der Waals surface area contributed by atoms with Crippen LogP contribution in [0.5, 0.6) is 23.0 Å². The molecule has 2 aromatic rings. The Morgan fingerprint density at radius 2 is 1.53 bits per heavy atom. The molecule has 0 unspecified atom stereocenters. The number of allylic oxidation sites excluding steroid dienone is 1. The molecule has 0 saturated carbocycles. The van der Waals surface area contributed by atoms with Gasteiger partial charge in [0, 0.05) is 12.0 Å². The molecule has 3 rings (SSSR count). The molecule has 0 radical (unpaired) electrons. The number of ether oxygens (including phenoxy) is 5. The maximum Gasteiger partial charge on any atom is 0.320 e. The van der Waals surface area contributed by atoms with E-state index in [0.717, 1.165) is 42.5 Å². The van der Waals surface area contributed by atoms with Crippen LogP contribution in [0.3, 0.4) is 0 Å². The van der Waals surface area contributed by atoms with Gasteiger partial charge >= 0.3 is 5.97 Å². The summed E-state index contributed by atoms with van der Waals surface area (Å²) in [6.45, 7) is 6.20. The topological polar surface area (TPSA) is 66.5 Å². The van der Waals surface area contributed by atoms with Crippen LogP contribution in [0.2, 0.25) is 0 Å². The van der Waals surface area contributed by atoms with Crippen molar-refractivity contribution in [2.45, 2.75) is 45.6 Å². The van der Waals surface area contributed by atoms with Gasteiger partial charge in [-0.2, -0.15) is 0 Å². The van der Waals surface area contributed by atoms with Gasteiger partial charge in [-0.25, -0.2) is 0 Å². The molecule has 2 aromatic carbocycles. The molecule has 1 fully saturated rings. The quantitative estimate of drug-likeness (QED) is 0.344. The van der Waals surface area contributed by atoms with Crippen molar-refractivity contribution in [2.24, 2.45) is 0 Å². The van der Waals surface area contributed by atoms with E-state index in [2.05, 4.69) is 11.0 Å².